The lowest BCUT2D eigenvalue weighted by molar-refractivity contribution is 0.0999. The van der Waals surface area contributed by atoms with Crippen LogP contribution in [-0.2, 0) is 0 Å². The quantitative estimate of drug-likeness (QED) is 0.408. The molecule has 2 aromatic carbocycles. The van der Waals surface area contributed by atoms with Gasteiger partial charge in [-0.15, -0.1) is 0 Å². The zero-order chi connectivity index (χ0) is 23.4. The standard InChI is InChI=1S/C22H19Cl3N4O3S/c23-14-4-7-16(8-5-14)29(20(30)17-9-6-15(24)12-18(17)25)21-26-13-19(33-21)32-22(31)27-28-10-2-1-3-11-28/h4-9,12-13H,1-3,10-11H2,(H,27,31). The van der Waals surface area contributed by atoms with Crippen LogP contribution in [0.5, 0.6) is 5.06 Å². The highest BCUT2D eigenvalue weighted by Gasteiger charge is 2.26. The van der Waals surface area contributed by atoms with Crippen LogP contribution in [0.25, 0.3) is 0 Å². The second-order valence-corrected chi connectivity index (χ2v) is 9.50. The summed E-state index contributed by atoms with van der Waals surface area (Å²) in [6.07, 6.45) is 4.00. The van der Waals surface area contributed by atoms with Crippen molar-refractivity contribution in [1.82, 2.24) is 15.4 Å². The summed E-state index contributed by atoms with van der Waals surface area (Å²) in [5, 5.41) is 3.52. The van der Waals surface area contributed by atoms with Crippen molar-refractivity contribution in [2.45, 2.75) is 19.3 Å². The van der Waals surface area contributed by atoms with Crippen LogP contribution in [0.3, 0.4) is 0 Å². The Morgan fingerprint density at radius 2 is 1.70 bits per heavy atom. The third-order valence-corrected chi connectivity index (χ3v) is 6.57. The Kier molecular flexibility index (Phi) is 7.72. The minimum Gasteiger partial charge on any atom is -0.396 e. The van der Waals surface area contributed by atoms with E-state index in [1.54, 1.807) is 36.4 Å². The number of hydrogen-bond acceptors (Lipinski definition) is 6. The molecule has 3 aromatic rings. The predicted octanol–water partition coefficient (Wildman–Crippen LogP) is 6.57. The summed E-state index contributed by atoms with van der Waals surface area (Å²) in [6, 6.07) is 11.3. The lowest BCUT2D eigenvalue weighted by Gasteiger charge is -2.25. The third-order valence-electron chi connectivity index (χ3n) is 4.91. The maximum absolute atomic E-state index is 13.5. The first-order chi connectivity index (χ1) is 15.9. The molecule has 0 unspecified atom stereocenters. The minimum atomic E-state index is -0.600. The molecule has 1 aliphatic rings. The van der Waals surface area contributed by atoms with E-state index < -0.39 is 12.0 Å². The maximum atomic E-state index is 13.5. The Bertz CT molecular complexity index is 1150. The minimum absolute atomic E-state index is 0.209. The van der Waals surface area contributed by atoms with Gasteiger partial charge in [-0.25, -0.2) is 14.8 Å². The first-order valence-corrected chi connectivity index (χ1v) is 12.1. The second-order valence-electron chi connectivity index (χ2n) is 7.25. The fourth-order valence-electron chi connectivity index (χ4n) is 3.34. The van der Waals surface area contributed by atoms with Crippen molar-refractivity contribution in [3.05, 3.63) is 69.3 Å². The zero-order valence-corrected chi connectivity index (χ0v) is 20.3. The van der Waals surface area contributed by atoms with E-state index in [0.29, 0.717) is 20.9 Å². The van der Waals surface area contributed by atoms with E-state index in [-0.39, 0.29) is 15.6 Å². The van der Waals surface area contributed by atoms with Gasteiger partial charge in [0.25, 0.3) is 5.91 Å². The van der Waals surface area contributed by atoms with Crippen LogP contribution >= 0.6 is 46.1 Å². The van der Waals surface area contributed by atoms with Crippen LogP contribution in [0, 0.1) is 0 Å². The molecule has 0 radical (unpaired) electrons. The van der Waals surface area contributed by atoms with E-state index in [4.69, 9.17) is 39.5 Å². The van der Waals surface area contributed by atoms with Gasteiger partial charge >= 0.3 is 6.09 Å². The van der Waals surface area contributed by atoms with Crippen LogP contribution in [0.1, 0.15) is 29.6 Å². The fraction of sp³-hybridized carbons (Fsp3) is 0.227. The number of anilines is 2. The molecular weight excluding hydrogens is 507 g/mol. The average Bonchev–Trinajstić information content (AvgIpc) is 3.23. The summed E-state index contributed by atoms with van der Waals surface area (Å²) in [4.78, 5) is 31.4. The monoisotopic (exact) mass is 524 g/mol. The van der Waals surface area contributed by atoms with Gasteiger partial charge < -0.3 is 4.74 Å². The van der Waals surface area contributed by atoms with Crippen molar-refractivity contribution in [2.75, 3.05) is 18.0 Å². The molecule has 33 heavy (non-hydrogen) atoms. The van der Waals surface area contributed by atoms with Crippen LogP contribution in [-0.4, -0.2) is 35.1 Å². The summed E-state index contributed by atoms with van der Waals surface area (Å²) in [5.41, 5.74) is 3.50. The summed E-state index contributed by atoms with van der Waals surface area (Å²) >= 11 is 19.3. The van der Waals surface area contributed by atoms with Crippen molar-refractivity contribution >= 4 is 69.0 Å². The molecule has 0 spiro atoms. The fourth-order valence-corrected chi connectivity index (χ4v) is 4.74. The Morgan fingerprint density at radius 1 is 1.00 bits per heavy atom. The summed E-state index contributed by atoms with van der Waals surface area (Å²) < 4.78 is 5.39. The second kappa shape index (κ2) is 10.7. The number of aromatic nitrogens is 1. The number of benzene rings is 2. The van der Waals surface area contributed by atoms with Gasteiger partial charge in [0.15, 0.2) is 0 Å². The van der Waals surface area contributed by atoms with Crippen LogP contribution in [0.15, 0.2) is 48.7 Å². The summed E-state index contributed by atoms with van der Waals surface area (Å²) in [5.74, 6) is -0.419. The summed E-state index contributed by atoms with van der Waals surface area (Å²) in [6.45, 7) is 1.56. The number of hydrogen-bond donors (Lipinski definition) is 1. The number of thiazole rings is 1. The molecule has 4 rings (SSSR count). The Morgan fingerprint density at radius 3 is 2.39 bits per heavy atom. The van der Waals surface area contributed by atoms with Gasteiger partial charge in [0, 0.05) is 23.1 Å². The average molecular weight is 526 g/mol. The number of piperidine rings is 1. The molecule has 1 fully saturated rings. The molecule has 2 heterocycles. The number of halogens is 3. The molecule has 7 nitrogen and oxygen atoms in total. The molecule has 0 bridgehead atoms. The van der Waals surface area contributed by atoms with Gasteiger partial charge in [0.2, 0.25) is 10.2 Å². The number of carbonyl (C=O) groups excluding carboxylic acids is 2. The van der Waals surface area contributed by atoms with Gasteiger partial charge in [-0.05, 0) is 55.3 Å². The lowest BCUT2D eigenvalue weighted by Crippen LogP contribution is -2.46. The van der Waals surface area contributed by atoms with E-state index in [1.807, 2.05) is 5.01 Å². The van der Waals surface area contributed by atoms with Gasteiger partial charge in [0.1, 0.15) is 0 Å². The van der Waals surface area contributed by atoms with E-state index in [2.05, 4.69) is 10.4 Å². The van der Waals surface area contributed by atoms with E-state index in [1.165, 1.54) is 17.2 Å². The van der Waals surface area contributed by atoms with Crippen molar-refractivity contribution in [3.63, 3.8) is 0 Å². The maximum Gasteiger partial charge on any atom is 0.428 e. The number of hydrazine groups is 1. The molecule has 0 saturated carbocycles. The van der Waals surface area contributed by atoms with E-state index in [0.717, 1.165) is 43.7 Å². The lowest BCUT2D eigenvalue weighted by atomic mass is 10.2. The molecule has 0 aliphatic carbocycles. The van der Waals surface area contributed by atoms with E-state index >= 15 is 0 Å². The normalized spacial score (nSPS) is 14.0. The SMILES string of the molecule is O=C(NN1CCCCC1)Oc1cnc(N(C(=O)c2ccc(Cl)cc2Cl)c2ccc(Cl)cc2)s1. The number of nitrogens with one attached hydrogen (secondary N) is 1. The Hall–Kier alpha value is -2.36. The smallest absolute Gasteiger partial charge is 0.396 e. The van der Waals surface area contributed by atoms with Crippen molar-refractivity contribution in [2.24, 2.45) is 0 Å². The molecule has 1 saturated heterocycles. The number of amides is 2. The highest BCUT2D eigenvalue weighted by atomic mass is 35.5. The first-order valence-electron chi connectivity index (χ1n) is 10.1. The van der Waals surface area contributed by atoms with Crippen LogP contribution in [0.4, 0.5) is 15.6 Å². The zero-order valence-electron chi connectivity index (χ0n) is 17.3. The molecule has 2 amide bonds. The van der Waals surface area contributed by atoms with Crippen molar-refractivity contribution in [1.29, 1.82) is 0 Å². The number of nitrogens with zero attached hydrogens (tertiary/aromatic N) is 3. The molecule has 11 heteroatoms. The highest BCUT2D eigenvalue weighted by Crippen LogP contribution is 2.36. The van der Waals surface area contributed by atoms with Gasteiger partial charge in [0.05, 0.1) is 22.5 Å². The number of carbonyl (C=O) groups is 2. The van der Waals surface area contributed by atoms with E-state index in [9.17, 15) is 9.59 Å². The molecule has 1 aliphatic heterocycles. The van der Waals surface area contributed by atoms with Crippen LogP contribution < -0.4 is 15.1 Å². The Labute approximate surface area is 209 Å². The van der Waals surface area contributed by atoms with Crippen molar-refractivity contribution < 1.29 is 14.3 Å². The number of rotatable bonds is 5. The third kappa shape index (κ3) is 5.96. The van der Waals surface area contributed by atoms with Crippen molar-refractivity contribution in [3.8, 4) is 5.06 Å². The van der Waals surface area contributed by atoms with Gasteiger partial charge in [-0.1, -0.05) is 52.6 Å². The molecular formula is C22H19Cl3N4O3S. The van der Waals surface area contributed by atoms with Gasteiger partial charge in [-0.3, -0.25) is 15.1 Å². The van der Waals surface area contributed by atoms with Crippen LogP contribution in [0.2, 0.25) is 15.1 Å². The number of ether oxygens (including phenoxy) is 1. The largest absolute Gasteiger partial charge is 0.428 e. The molecule has 172 valence electrons. The predicted molar refractivity (Wildman–Crippen MR) is 131 cm³/mol. The Balaban J connectivity index is 1.58. The molecule has 0 atom stereocenters. The highest BCUT2D eigenvalue weighted by molar-refractivity contribution is 7.17. The summed E-state index contributed by atoms with van der Waals surface area (Å²) in [7, 11) is 0. The van der Waals surface area contributed by atoms with Gasteiger partial charge in [-0.2, -0.15) is 0 Å². The first kappa shape index (κ1) is 23.8. The molecule has 1 aromatic heterocycles. The topological polar surface area (TPSA) is 74.8 Å². The molecule has 1 N–H and O–H groups in total.